The number of carbonyl (C=O) groups is 1. The van der Waals surface area contributed by atoms with E-state index >= 15 is 0 Å². The standard InChI is InChI=1S/C19H37N3O3/c1-5-8-17(10-12-21-18(23)9-6-7-11-20-4)19(24)22-13-15(2)25-16(3)14-22/h5,8,15-18,20-21,23H,6-7,9-14H2,1-4H3/b8-5-. The first-order valence-corrected chi connectivity index (χ1v) is 9.61. The Bertz CT molecular complexity index is 393. The maximum Gasteiger partial charge on any atom is 0.229 e. The van der Waals surface area contributed by atoms with Gasteiger partial charge >= 0.3 is 0 Å². The monoisotopic (exact) mass is 355 g/mol. The number of aliphatic hydroxyl groups excluding tert-OH is 1. The third-order valence-corrected chi connectivity index (χ3v) is 4.46. The fourth-order valence-electron chi connectivity index (χ4n) is 3.27. The van der Waals surface area contributed by atoms with Gasteiger partial charge in [-0.2, -0.15) is 0 Å². The summed E-state index contributed by atoms with van der Waals surface area (Å²) in [5.41, 5.74) is 0. The van der Waals surface area contributed by atoms with Crippen molar-refractivity contribution < 1.29 is 14.6 Å². The molecule has 3 N–H and O–H groups in total. The maximum atomic E-state index is 12.8. The van der Waals surface area contributed by atoms with Crippen molar-refractivity contribution in [2.24, 2.45) is 5.92 Å². The van der Waals surface area contributed by atoms with Crippen LogP contribution in [0.15, 0.2) is 12.2 Å². The van der Waals surface area contributed by atoms with Crippen molar-refractivity contribution in [1.82, 2.24) is 15.5 Å². The van der Waals surface area contributed by atoms with Gasteiger partial charge in [0.15, 0.2) is 0 Å². The topological polar surface area (TPSA) is 73.8 Å². The minimum Gasteiger partial charge on any atom is -0.379 e. The first kappa shape index (κ1) is 22.1. The van der Waals surface area contributed by atoms with Gasteiger partial charge in [-0.1, -0.05) is 12.2 Å². The van der Waals surface area contributed by atoms with Crippen molar-refractivity contribution in [3.05, 3.63) is 12.2 Å². The van der Waals surface area contributed by atoms with Crippen molar-refractivity contribution >= 4 is 5.91 Å². The van der Waals surface area contributed by atoms with Crippen molar-refractivity contribution in [2.45, 2.75) is 64.9 Å². The van der Waals surface area contributed by atoms with E-state index in [0.717, 1.165) is 25.8 Å². The maximum absolute atomic E-state index is 12.8. The minimum absolute atomic E-state index is 0.0801. The zero-order valence-corrected chi connectivity index (χ0v) is 16.3. The first-order valence-electron chi connectivity index (χ1n) is 9.61. The molecule has 25 heavy (non-hydrogen) atoms. The van der Waals surface area contributed by atoms with Crippen molar-refractivity contribution in [3.8, 4) is 0 Å². The number of morpholine rings is 1. The molecular formula is C19H37N3O3. The number of aliphatic hydroxyl groups is 1. The highest BCUT2D eigenvalue weighted by atomic mass is 16.5. The number of hydrogen-bond acceptors (Lipinski definition) is 5. The highest BCUT2D eigenvalue weighted by Gasteiger charge is 2.29. The second kappa shape index (κ2) is 12.4. The fourth-order valence-corrected chi connectivity index (χ4v) is 3.27. The highest BCUT2D eigenvalue weighted by molar-refractivity contribution is 5.80. The molecule has 0 aliphatic carbocycles. The Morgan fingerprint density at radius 1 is 1.24 bits per heavy atom. The molecule has 0 aromatic rings. The zero-order chi connectivity index (χ0) is 18.7. The average Bonchev–Trinajstić information content (AvgIpc) is 2.56. The van der Waals surface area contributed by atoms with E-state index in [1.165, 1.54) is 0 Å². The van der Waals surface area contributed by atoms with Crippen LogP contribution in [-0.2, 0) is 9.53 Å². The van der Waals surface area contributed by atoms with E-state index in [9.17, 15) is 9.90 Å². The van der Waals surface area contributed by atoms with Crippen LogP contribution in [0.4, 0.5) is 0 Å². The molecule has 0 aromatic heterocycles. The lowest BCUT2D eigenvalue weighted by Crippen LogP contribution is -2.50. The Morgan fingerprint density at radius 2 is 1.92 bits per heavy atom. The lowest BCUT2D eigenvalue weighted by atomic mass is 10.0. The average molecular weight is 356 g/mol. The number of nitrogens with zero attached hydrogens (tertiary/aromatic N) is 1. The smallest absolute Gasteiger partial charge is 0.229 e. The van der Waals surface area contributed by atoms with Crippen LogP contribution in [-0.4, -0.2) is 67.6 Å². The summed E-state index contributed by atoms with van der Waals surface area (Å²) in [5.74, 6) is 0.0110. The molecule has 0 saturated carbocycles. The molecule has 6 heteroatoms. The number of unbranched alkanes of at least 4 members (excludes halogenated alkanes) is 1. The van der Waals surface area contributed by atoms with E-state index in [-0.39, 0.29) is 24.0 Å². The van der Waals surface area contributed by atoms with Gasteiger partial charge in [-0.3, -0.25) is 10.1 Å². The highest BCUT2D eigenvalue weighted by Crippen LogP contribution is 2.16. The molecule has 0 bridgehead atoms. The van der Waals surface area contributed by atoms with E-state index in [4.69, 9.17) is 4.74 Å². The number of nitrogens with one attached hydrogen (secondary N) is 2. The molecule has 1 aliphatic heterocycles. The van der Waals surface area contributed by atoms with Gasteiger partial charge < -0.3 is 20.1 Å². The van der Waals surface area contributed by atoms with Gasteiger partial charge in [-0.25, -0.2) is 0 Å². The number of ether oxygens (including phenoxy) is 1. The molecule has 1 amide bonds. The van der Waals surface area contributed by atoms with E-state index in [1.54, 1.807) is 0 Å². The van der Waals surface area contributed by atoms with Crippen LogP contribution >= 0.6 is 0 Å². The van der Waals surface area contributed by atoms with Gasteiger partial charge in [0.25, 0.3) is 0 Å². The summed E-state index contributed by atoms with van der Waals surface area (Å²) in [6.45, 7) is 8.86. The van der Waals surface area contributed by atoms with E-state index in [2.05, 4.69) is 10.6 Å². The Labute approximate surface area is 153 Å². The Kier molecular flexibility index (Phi) is 11.0. The summed E-state index contributed by atoms with van der Waals surface area (Å²) in [6.07, 6.45) is 7.03. The number of allylic oxidation sites excluding steroid dienone is 1. The molecular weight excluding hydrogens is 318 g/mol. The predicted molar refractivity (Wildman–Crippen MR) is 101 cm³/mol. The van der Waals surface area contributed by atoms with Gasteiger partial charge in [0.2, 0.25) is 5.91 Å². The second-order valence-electron chi connectivity index (χ2n) is 6.99. The van der Waals surface area contributed by atoms with Crippen LogP contribution in [0.2, 0.25) is 0 Å². The van der Waals surface area contributed by atoms with Gasteiger partial charge in [-0.15, -0.1) is 0 Å². The predicted octanol–water partition coefficient (Wildman–Crippen LogP) is 1.50. The number of rotatable bonds is 11. The SMILES string of the molecule is C/C=C\C(CCNC(O)CCCCNC)C(=O)N1CC(C)OC(C)C1. The van der Waals surface area contributed by atoms with Crippen LogP contribution in [0.3, 0.4) is 0 Å². The van der Waals surface area contributed by atoms with Gasteiger partial charge in [0.05, 0.1) is 18.1 Å². The number of amides is 1. The molecule has 146 valence electrons. The summed E-state index contributed by atoms with van der Waals surface area (Å²) in [4.78, 5) is 14.7. The molecule has 0 spiro atoms. The summed E-state index contributed by atoms with van der Waals surface area (Å²) in [7, 11) is 1.93. The molecule has 1 fully saturated rings. The Morgan fingerprint density at radius 3 is 2.52 bits per heavy atom. The Balaban J connectivity index is 2.39. The molecule has 1 rings (SSSR count). The van der Waals surface area contributed by atoms with Gasteiger partial charge in [0.1, 0.15) is 6.23 Å². The molecule has 4 atom stereocenters. The third kappa shape index (κ3) is 8.81. The van der Waals surface area contributed by atoms with Crippen molar-refractivity contribution in [1.29, 1.82) is 0 Å². The lowest BCUT2D eigenvalue weighted by molar-refractivity contribution is -0.146. The molecule has 0 radical (unpaired) electrons. The van der Waals surface area contributed by atoms with Crippen LogP contribution in [0.5, 0.6) is 0 Å². The van der Waals surface area contributed by atoms with Crippen molar-refractivity contribution in [2.75, 3.05) is 33.2 Å². The summed E-state index contributed by atoms with van der Waals surface area (Å²) in [5, 5.41) is 16.2. The summed E-state index contributed by atoms with van der Waals surface area (Å²) < 4.78 is 5.71. The van der Waals surface area contributed by atoms with Crippen LogP contribution < -0.4 is 10.6 Å². The lowest BCUT2D eigenvalue weighted by Gasteiger charge is -2.36. The normalized spacial score (nSPS) is 23.8. The first-order chi connectivity index (χ1) is 12.0. The number of hydrogen-bond donors (Lipinski definition) is 3. The molecule has 4 unspecified atom stereocenters. The quantitative estimate of drug-likeness (QED) is 0.298. The Hall–Kier alpha value is -0.950. The molecule has 6 nitrogen and oxygen atoms in total. The van der Waals surface area contributed by atoms with Gasteiger partial charge in [0, 0.05) is 13.1 Å². The molecule has 1 aliphatic rings. The number of carbonyl (C=O) groups excluding carboxylic acids is 1. The van der Waals surface area contributed by atoms with E-state index < -0.39 is 6.23 Å². The largest absolute Gasteiger partial charge is 0.379 e. The van der Waals surface area contributed by atoms with Crippen LogP contribution in [0.25, 0.3) is 0 Å². The van der Waals surface area contributed by atoms with E-state index in [0.29, 0.717) is 26.1 Å². The second-order valence-corrected chi connectivity index (χ2v) is 6.99. The third-order valence-electron chi connectivity index (χ3n) is 4.46. The minimum atomic E-state index is -0.498. The molecule has 1 heterocycles. The van der Waals surface area contributed by atoms with Crippen LogP contribution in [0.1, 0.15) is 46.5 Å². The van der Waals surface area contributed by atoms with Crippen LogP contribution in [0, 0.1) is 5.92 Å². The van der Waals surface area contributed by atoms with E-state index in [1.807, 2.05) is 44.9 Å². The summed E-state index contributed by atoms with van der Waals surface area (Å²) in [6, 6.07) is 0. The summed E-state index contributed by atoms with van der Waals surface area (Å²) >= 11 is 0. The fraction of sp³-hybridized carbons (Fsp3) is 0.842. The molecule has 0 aromatic carbocycles. The van der Waals surface area contributed by atoms with Gasteiger partial charge in [-0.05, 0) is 66.6 Å². The zero-order valence-electron chi connectivity index (χ0n) is 16.3. The van der Waals surface area contributed by atoms with Crippen molar-refractivity contribution in [3.63, 3.8) is 0 Å². The molecule has 1 saturated heterocycles.